The van der Waals surface area contributed by atoms with Gasteiger partial charge in [-0.15, -0.1) is 0 Å². The molecule has 1 atom stereocenters. The van der Waals surface area contributed by atoms with Gasteiger partial charge in [-0.1, -0.05) is 0 Å². The monoisotopic (exact) mass is 269 g/mol. The Kier molecular flexibility index (Phi) is 5.44. The van der Waals surface area contributed by atoms with Gasteiger partial charge >= 0.3 is 5.97 Å². The first-order valence-electron chi connectivity index (χ1n) is 5.90. The van der Waals surface area contributed by atoms with Crippen LogP contribution in [0.2, 0.25) is 0 Å². The smallest absolute Gasteiger partial charge is 0.312 e. The number of hydrogen-bond acceptors (Lipinski definition) is 5. The standard InChI is InChI=1S/C13H19NO5/c1-4-19-12-5-8(9(7-14)13(15)16)10(17-2)6-11(12)18-3/h5-6,9H,4,7,14H2,1-3H3,(H,15,16). The minimum absolute atomic E-state index is 0.0242. The highest BCUT2D eigenvalue weighted by Gasteiger charge is 2.24. The van der Waals surface area contributed by atoms with E-state index in [-0.39, 0.29) is 6.54 Å². The fourth-order valence-corrected chi connectivity index (χ4v) is 1.79. The van der Waals surface area contributed by atoms with E-state index in [1.54, 1.807) is 12.1 Å². The first kappa shape index (κ1) is 15.1. The van der Waals surface area contributed by atoms with Crippen LogP contribution >= 0.6 is 0 Å². The van der Waals surface area contributed by atoms with E-state index < -0.39 is 11.9 Å². The lowest BCUT2D eigenvalue weighted by molar-refractivity contribution is -0.138. The molecule has 1 unspecified atom stereocenters. The fourth-order valence-electron chi connectivity index (χ4n) is 1.79. The van der Waals surface area contributed by atoms with Crippen molar-refractivity contribution in [1.82, 2.24) is 0 Å². The van der Waals surface area contributed by atoms with Crippen LogP contribution in [0, 0.1) is 0 Å². The highest BCUT2D eigenvalue weighted by molar-refractivity contribution is 5.78. The Morgan fingerprint density at radius 3 is 2.32 bits per heavy atom. The van der Waals surface area contributed by atoms with E-state index >= 15 is 0 Å². The SMILES string of the molecule is CCOc1cc(C(CN)C(=O)O)c(OC)cc1OC. The van der Waals surface area contributed by atoms with Crippen molar-refractivity contribution in [3.63, 3.8) is 0 Å². The van der Waals surface area contributed by atoms with Crippen molar-refractivity contribution in [3.05, 3.63) is 17.7 Å². The summed E-state index contributed by atoms with van der Waals surface area (Å²) >= 11 is 0. The van der Waals surface area contributed by atoms with Crippen LogP contribution in [0.5, 0.6) is 17.2 Å². The summed E-state index contributed by atoms with van der Waals surface area (Å²) in [6.07, 6.45) is 0. The molecule has 1 aromatic carbocycles. The molecule has 0 heterocycles. The third kappa shape index (κ3) is 3.29. The number of ether oxygens (including phenoxy) is 3. The molecule has 0 aliphatic rings. The Morgan fingerprint density at radius 1 is 1.26 bits per heavy atom. The number of aliphatic carboxylic acids is 1. The van der Waals surface area contributed by atoms with Crippen LogP contribution in [0.3, 0.4) is 0 Å². The van der Waals surface area contributed by atoms with Gasteiger partial charge < -0.3 is 25.1 Å². The summed E-state index contributed by atoms with van der Waals surface area (Å²) in [6, 6.07) is 3.21. The molecule has 19 heavy (non-hydrogen) atoms. The molecule has 0 saturated carbocycles. The van der Waals surface area contributed by atoms with Crippen LogP contribution < -0.4 is 19.9 Å². The summed E-state index contributed by atoms with van der Waals surface area (Å²) in [6.45, 7) is 2.26. The quantitative estimate of drug-likeness (QED) is 0.773. The summed E-state index contributed by atoms with van der Waals surface area (Å²) in [5.74, 6) is -0.476. The maximum Gasteiger partial charge on any atom is 0.312 e. The Labute approximate surface area is 112 Å². The number of nitrogens with two attached hydrogens (primary N) is 1. The van der Waals surface area contributed by atoms with Crippen molar-refractivity contribution < 1.29 is 24.1 Å². The van der Waals surface area contributed by atoms with E-state index in [1.807, 2.05) is 6.92 Å². The molecule has 0 spiro atoms. The molecule has 0 aromatic heterocycles. The van der Waals surface area contributed by atoms with Gasteiger partial charge in [0.05, 0.1) is 26.7 Å². The molecule has 0 fully saturated rings. The second-order valence-electron chi connectivity index (χ2n) is 3.80. The molecule has 0 radical (unpaired) electrons. The first-order valence-corrected chi connectivity index (χ1v) is 5.90. The molecule has 6 heteroatoms. The van der Waals surface area contributed by atoms with E-state index in [1.165, 1.54) is 14.2 Å². The largest absolute Gasteiger partial charge is 0.496 e. The number of carbonyl (C=O) groups is 1. The van der Waals surface area contributed by atoms with Crippen molar-refractivity contribution in [2.75, 3.05) is 27.4 Å². The van der Waals surface area contributed by atoms with Gasteiger partial charge in [-0.05, 0) is 13.0 Å². The molecular formula is C13H19NO5. The molecule has 6 nitrogen and oxygen atoms in total. The predicted octanol–water partition coefficient (Wildman–Crippen LogP) is 1.23. The van der Waals surface area contributed by atoms with Crippen molar-refractivity contribution in [1.29, 1.82) is 0 Å². The van der Waals surface area contributed by atoms with Gasteiger partial charge in [-0.3, -0.25) is 4.79 Å². The molecule has 1 aromatic rings. The van der Waals surface area contributed by atoms with Crippen molar-refractivity contribution in [2.45, 2.75) is 12.8 Å². The molecule has 106 valence electrons. The third-order valence-electron chi connectivity index (χ3n) is 2.73. The summed E-state index contributed by atoms with van der Waals surface area (Å²) in [7, 11) is 2.97. The zero-order chi connectivity index (χ0) is 14.4. The van der Waals surface area contributed by atoms with E-state index in [0.29, 0.717) is 29.4 Å². The molecular weight excluding hydrogens is 250 g/mol. The molecule has 3 N–H and O–H groups in total. The molecule has 0 saturated heterocycles. The van der Waals surface area contributed by atoms with Crippen LogP contribution in [0.25, 0.3) is 0 Å². The minimum Gasteiger partial charge on any atom is -0.496 e. The van der Waals surface area contributed by atoms with Crippen molar-refractivity contribution in [2.24, 2.45) is 5.73 Å². The van der Waals surface area contributed by atoms with Crippen LogP contribution in [0.15, 0.2) is 12.1 Å². The number of carboxylic acids is 1. The lowest BCUT2D eigenvalue weighted by atomic mass is 9.97. The van der Waals surface area contributed by atoms with E-state index in [0.717, 1.165) is 0 Å². The number of rotatable bonds is 7. The van der Waals surface area contributed by atoms with Gasteiger partial charge in [-0.25, -0.2) is 0 Å². The Morgan fingerprint density at radius 2 is 1.89 bits per heavy atom. The minimum atomic E-state index is -1.01. The van der Waals surface area contributed by atoms with Gasteiger partial charge in [0, 0.05) is 18.2 Å². The van der Waals surface area contributed by atoms with Crippen molar-refractivity contribution in [3.8, 4) is 17.2 Å². The third-order valence-corrected chi connectivity index (χ3v) is 2.73. The lowest BCUT2D eigenvalue weighted by Crippen LogP contribution is -2.21. The summed E-state index contributed by atoms with van der Waals surface area (Å²) in [5, 5.41) is 9.19. The van der Waals surface area contributed by atoms with E-state index in [2.05, 4.69) is 0 Å². The Bertz CT molecular complexity index is 447. The lowest BCUT2D eigenvalue weighted by Gasteiger charge is -2.18. The maximum absolute atomic E-state index is 11.2. The van der Waals surface area contributed by atoms with Crippen molar-refractivity contribution >= 4 is 5.97 Å². The molecule has 0 aliphatic carbocycles. The summed E-state index contributed by atoms with van der Waals surface area (Å²) in [5.41, 5.74) is 5.99. The molecule has 0 aliphatic heterocycles. The van der Waals surface area contributed by atoms with Crippen LogP contribution in [-0.2, 0) is 4.79 Å². The predicted molar refractivity (Wildman–Crippen MR) is 70.1 cm³/mol. The normalized spacial score (nSPS) is 11.8. The highest BCUT2D eigenvalue weighted by atomic mass is 16.5. The first-order chi connectivity index (χ1) is 9.08. The summed E-state index contributed by atoms with van der Waals surface area (Å²) in [4.78, 5) is 11.2. The number of carboxylic acid groups (broad SMARTS) is 1. The topological polar surface area (TPSA) is 91.0 Å². The molecule has 0 amide bonds. The average Bonchev–Trinajstić information content (AvgIpc) is 2.39. The number of benzene rings is 1. The summed E-state index contributed by atoms with van der Waals surface area (Å²) < 4.78 is 15.8. The molecule has 1 rings (SSSR count). The van der Waals surface area contributed by atoms with Crippen LogP contribution in [-0.4, -0.2) is 38.4 Å². The average molecular weight is 269 g/mol. The van der Waals surface area contributed by atoms with E-state index in [9.17, 15) is 9.90 Å². The fraction of sp³-hybridized carbons (Fsp3) is 0.462. The Hall–Kier alpha value is -1.95. The molecule has 0 bridgehead atoms. The van der Waals surface area contributed by atoms with Crippen LogP contribution in [0.4, 0.5) is 0 Å². The highest BCUT2D eigenvalue weighted by Crippen LogP contribution is 2.38. The zero-order valence-electron chi connectivity index (χ0n) is 11.3. The second-order valence-corrected chi connectivity index (χ2v) is 3.80. The van der Waals surface area contributed by atoms with Gasteiger partial charge in [0.2, 0.25) is 0 Å². The second kappa shape index (κ2) is 6.84. The Balaban J connectivity index is 3.35. The maximum atomic E-state index is 11.2. The van der Waals surface area contributed by atoms with Gasteiger partial charge in [-0.2, -0.15) is 0 Å². The van der Waals surface area contributed by atoms with Gasteiger partial charge in [0.25, 0.3) is 0 Å². The van der Waals surface area contributed by atoms with E-state index in [4.69, 9.17) is 19.9 Å². The zero-order valence-corrected chi connectivity index (χ0v) is 11.3. The van der Waals surface area contributed by atoms with Gasteiger partial charge in [0.1, 0.15) is 5.75 Å². The number of hydrogen-bond donors (Lipinski definition) is 2. The van der Waals surface area contributed by atoms with Gasteiger partial charge in [0.15, 0.2) is 11.5 Å². The number of methoxy groups -OCH3 is 2. The van der Waals surface area contributed by atoms with Crippen LogP contribution in [0.1, 0.15) is 18.4 Å².